The van der Waals surface area contributed by atoms with Crippen LogP contribution in [0.25, 0.3) is 0 Å². The van der Waals surface area contributed by atoms with Crippen LogP contribution in [-0.2, 0) is 0 Å². The molecule has 0 aromatic heterocycles. The van der Waals surface area contributed by atoms with E-state index in [9.17, 15) is 0 Å². The van der Waals surface area contributed by atoms with Gasteiger partial charge in [0.25, 0.3) is 0 Å². The largest absolute Gasteiger partial charge is 0.126 e. The number of fused-ring (bicyclic) bond motifs is 2. The van der Waals surface area contributed by atoms with Gasteiger partial charge in [-0.1, -0.05) is 0 Å². The minimum absolute atomic E-state index is 0.168. The fraction of sp³-hybridized carbons (Fsp3) is 1.00. The molecule has 0 saturated heterocycles. The van der Waals surface area contributed by atoms with Gasteiger partial charge in [0.05, 0.1) is 10.8 Å². The normalized spacial score (nSPS) is 51.7. The second-order valence-electron chi connectivity index (χ2n) is 4.91. The SMILES string of the molecule is ClCC1(C(Cl)Cl)[C@H]2[C@H](Cl)[C@@H](Cl)[C@]1(C(Cl)Cl)C[C@H]2Cl. The lowest BCUT2D eigenvalue weighted by Gasteiger charge is -2.45. The monoisotopic (exact) mass is 410 g/mol. The maximum absolute atomic E-state index is 6.45. The molecule has 2 fully saturated rings. The smallest absolute Gasteiger partial charge is 0.115 e. The molecule has 6 atom stereocenters. The average Bonchev–Trinajstić information content (AvgIpc) is 2.66. The van der Waals surface area contributed by atoms with Crippen molar-refractivity contribution in [1.82, 2.24) is 0 Å². The van der Waals surface area contributed by atoms with E-state index in [2.05, 4.69) is 0 Å². The third kappa shape index (κ3) is 1.80. The Bertz CT molecular complexity index is 326. The summed E-state index contributed by atoms with van der Waals surface area (Å²) >= 11 is 50.1. The predicted octanol–water partition coefficient (Wildman–Crippen LogP) is 5.66. The van der Waals surface area contributed by atoms with Crippen LogP contribution >= 0.6 is 92.8 Å². The molecule has 0 amide bonds. The van der Waals surface area contributed by atoms with Crippen molar-refractivity contribution in [3.05, 3.63) is 0 Å². The fourth-order valence-corrected chi connectivity index (χ4v) is 8.11. The quantitative estimate of drug-likeness (QED) is 0.524. The van der Waals surface area contributed by atoms with Crippen LogP contribution in [-0.4, -0.2) is 31.7 Å². The van der Waals surface area contributed by atoms with E-state index in [1.54, 1.807) is 0 Å². The van der Waals surface area contributed by atoms with Crippen molar-refractivity contribution >= 4 is 92.8 Å². The van der Waals surface area contributed by atoms with Gasteiger partial charge in [-0.25, -0.2) is 0 Å². The van der Waals surface area contributed by atoms with Gasteiger partial charge < -0.3 is 0 Å². The number of alkyl halides is 8. The molecule has 1 unspecified atom stereocenters. The minimum Gasteiger partial charge on any atom is -0.126 e. The highest BCUT2D eigenvalue weighted by Gasteiger charge is 2.78. The molecule has 0 spiro atoms. The topological polar surface area (TPSA) is 0 Å². The molecule has 0 nitrogen and oxygen atoms in total. The lowest BCUT2D eigenvalue weighted by atomic mass is 9.70. The van der Waals surface area contributed by atoms with Crippen molar-refractivity contribution in [2.24, 2.45) is 16.7 Å². The molecule has 106 valence electrons. The van der Waals surface area contributed by atoms with E-state index >= 15 is 0 Å². The van der Waals surface area contributed by atoms with Gasteiger partial charge in [0, 0.05) is 28.0 Å². The van der Waals surface area contributed by atoms with E-state index in [0.717, 1.165) is 0 Å². The molecule has 0 aromatic carbocycles. The van der Waals surface area contributed by atoms with Gasteiger partial charge in [-0.2, -0.15) is 0 Å². The molecule has 2 saturated carbocycles. The Morgan fingerprint density at radius 1 is 1.00 bits per heavy atom. The van der Waals surface area contributed by atoms with Crippen molar-refractivity contribution in [3.63, 3.8) is 0 Å². The first-order chi connectivity index (χ1) is 8.27. The zero-order valence-electron chi connectivity index (χ0n) is 8.90. The third-order valence-corrected chi connectivity index (χ3v) is 8.24. The van der Waals surface area contributed by atoms with E-state index in [1.165, 1.54) is 0 Å². The summed E-state index contributed by atoms with van der Waals surface area (Å²) in [5.41, 5.74) is -1.53. The third-order valence-electron chi connectivity index (χ3n) is 4.50. The van der Waals surface area contributed by atoms with E-state index < -0.39 is 31.3 Å². The molecule has 2 bridgehead atoms. The molecule has 18 heavy (non-hydrogen) atoms. The molecular weight excluding hydrogens is 404 g/mol. The first-order valence-corrected chi connectivity index (χ1v) is 8.90. The van der Waals surface area contributed by atoms with E-state index in [4.69, 9.17) is 92.8 Å². The Morgan fingerprint density at radius 3 is 1.89 bits per heavy atom. The summed E-state index contributed by atoms with van der Waals surface area (Å²) in [6.45, 7) is 0. The van der Waals surface area contributed by atoms with Crippen molar-refractivity contribution in [3.8, 4) is 0 Å². The Labute approximate surface area is 146 Å². The highest BCUT2D eigenvalue weighted by Crippen LogP contribution is 2.75. The second kappa shape index (κ2) is 5.51. The molecule has 0 N–H and O–H groups in total. The van der Waals surface area contributed by atoms with Crippen LogP contribution < -0.4 is 0 Å². The van der Waals surface area contributed by atoms with Crippen molar-refractivity contribution in [2.45, 2.75) is 32.2 Å². The van der Waals surface area contributed by atoms with Crippen molar-refractivity contribution in [2.75, 3.05) is 5.88 Å². The molecule has 2 rings (SSSR count). The molecule has 0 aliphatic heterocycles. The number of hydrogen-bond acceptors (Lipinski definition) is 0. The van der Waals surface area contributed by atoms with Crippen LogP contribution in [0.1, 0.15) is 6.42 Å². The average molecular weight is 414 g/mol. The Balaban J connectivity index is 2.64. The Kier molecular flexibility index (Phi) is 5.10. The summed E-state index contributed by atoms with van der Waals surface area (Å²) in [6, 6.07) is 0. The number of halogens is 8. The van der Waals surface area contributed by atoms with Crippen LogP contribution in [0.3, 0.4) is 0 Å². The zero-order valence-corrected chi connectivity index (χ0v) is 14.9. The first-order valence-electron chi connectivity index (χ1n) is 5.31. The summed E-state index contributed by atoms with van der Waals surface area (Å²) in [4.78, 5) is -1.57. The summed E-state index contributed by atoms with van der Waals surface area (Å²) < 4.78 is 0. The summed E-state index contributed by atoms with van der Waals surface area (Å²) in [5, 5.41) is -1.10. The Morgan fingerprint density at radius 2 is 1.56 bits per heavy atom. The number of rotatable bonds is 3. The minimum atomic E-state index is -0.784. The van der Waals surface area contributed by atoms with Crippen LogP contribution in [0.5, 0.6) is 0 Å². The van der Waals surface area contributed by atoms with Gasteiger partial charge in [0.15, 0.2) is 0 Å². The summed E-state index contributed by atoms with van der Waals surface area (Å²) in [5.74, 6) is -0.0400. The maximum atomic E-state index is 6.45. The van der Waals surface area contributed by atoms with Gasteiger partial charge in [0.2, 0.25) is 0 Å². The maximum Gasteiger partial charge on any atom is 0.115 e. The van der Waals surface area contributed by atoms with Gasteiger partial charge in [0.1, 0.15) is 9.67 Å². The predicted molar refractivity (Wildman–Crippen MR) is 83.6 cm³/mol. The highest BCUT2D eigenvalue weighted by molar-refractivity contribution is 6.48. The van der Waals surface area contributed by atoms with E-state index in [-0.39, 0.29) is 17.2 Å². The standard InChI is InChI=1S/C10H10Cl8/c11-2-10(8(17)18)4-3(12)1-9(10,7(15)16)6(14)5(4)13/h3-8H,1-2H2/t3-,4-,5+,6-,9+,10?/m1/s1. The van der Waals surface area contributed by atoms with Crippen LogP contribution in [0.15, 0.2) is 0 Å². The van der Waals surface area contributed by atoms with Gasteiger partial charge in [-0.15, -0.1) is 92.8 Å². The summed E-state index contributed by atoms with van der Waals surface area (Å²) in [6.07, 6.45) is 0.511. The van der Waals surface area contributed by atoms with E-state index in [0.29, 0.717) is 6.42 Å². The zero-order chi connectivity index (χ0) is 13.9. The van der Waals surface area contributed by atoms with E-state index in [1.807, 2.05) is 0 Å². The van der Waals surface area contributed by atoms with Crippen LogP contribution in [0, 0.1) is 16.7 Å². The van der Waals surface area contributed by atoms with Gasteiger partial charge >= 0.3 is 0 Å². The lowest BCUT2D eigenvalue weighted by molar-refractivity contribution is 0.144. The fourth-order valence-electron chi connectivity index (χ4n) is 3.62. The molecule has 0 aromatic rings. The Hall–Kier alpha value is 2.32. The van der Waals surface area contributed by atoms with Crippen LogP contribution in [0.2, 0.25) is 0 Å². The molecule has 8 heteroatoms. The molecular formula is C10H10Cl8. The van der Waals surface area contributed by atoms with Crippen molar-refractivity contribution < 1.29 is 0 Å². The molecule has 2 aliphatic rings. The van der Waals surface area contributed by atoms with Crippen LogP contribution in [0.4, 0.5) is 0 Å². The van der Waals surface area contributed by atoms with Crippen molar-refractivity contribution in [1.29, 1.82) is 0 Å². The van der Waals surface area contributed by atoms with Gasteiger partial charge in [-0.3, -0.25) is 0 Å². The molecule has 2 aliphatic carbocycles. The first kappa shape index (κ1) is 16.7. The molecule has 0 heterocycles. The highest BCUT2D eigenvalue weighted by atomic mass is 35.5. The van der Waals surface area contributed by atoms with Gasteiger partial charge in [-0.05, 0) is 6.42 Å². The lowest BCUT2D eigenvalue weighted by Crippen LogP contribution is -2.50. The summed E-state index contributed by atoms with van der Waals surface area (Å²) in [7, 11) is 0. The molecule has 0 radical (unpaired) electrons. The second-order valence-corrected chi connectivity index (χ2v) is 8.90. The number of hydrogen-bond donors (Lipinski definition) is 0.